The first-order valence-electron chi connectivity index (χ1n) is 9.72. The van der Waals surface area contributed by atoms with E-state index in [0.29, 0.717) is 33.9 Å². The first-order valence-corrected chi connectivity index (χ1v) is 11.7. The van der Waals surface area contributed by atoms with Crippen molar-refractivity contribution < 1.29 is 22.7 Å². The maximum absolute atomic E-state index is 13.8. The summed E-state index contributed by atoms with van der Waals surface area (Å²) >= 11 is 10.5. The van der Waals surface area contributed by atoms with Crippen molar-refractivity contribution in [3.05, 3.63) is 63.1 Å². The molecular weight excluding hydrogens is 470 g/mol. The highest BCUT2D eigenvalue weighted by Gasteiger charge is 2.58. The van der Waals surface area contributed by atoms with E-state index in [-0.39, 0.29) is 16.5 Å². The highest BCUT2D eigenvalue weighted by molar-refractivity contribution is 7.96. The number of carbonyl (C=O) groups excluding carboxylic acids is 1. The van der Waals surface area contributed by atoms with Gasteiger partial charge in [0.1, 0.15) is 5.71 Å². The van der Waals surface area contributed by atoms with Gasteiger partial charge in [0.2, 0.25) is 0 Å². The number of unbranched alkanes of at least 4 members (excludes halogenated alkanes) is 1. The van der Waals surface area contributed by atoms with Crippen molar-refractivity contribution in [1.29, 1.82) is 0 Å². The van der Waals surface area contributed by atoms with Crippen LogP contribution < -0.4 is 0 Å². The highest BCUT2D eigenvalue weighted by Crippen LogP contribution is 2.41. The Bertz CT molecular complexity index is 990. The van der Waals surface area contributed by atoms with Crippen molar-refractivity contribution in [2.45, 2.75) is 49.4 Å². The number of esters is 1. The molecule has 0 aromatic heterocycles. The van der Waals surface area contributed by atoms with Crippen LogP contribution in [0.1, 0.15) is 47.7 Å². The second kappa shape index (κ2) is 9.84. The van der Waals surface area contributed by atoms with E-state index in [1.807, 2.05) is 6.92 Å². The van der Waals surface area contributed by atoms with Gasteiger partial charge >= 0.3 is 12.1 Å². The van der Waals surface area contributed by atoms with Crippen molar-refractivity contribution in [3.63, 3.8) is 0 Å². The van der Waals surface area contributed by atoms with Gasteiger partial charge in [-0.2, -0.15) is 13.2 Å². The molecule has 0 N–H and O–H groups in total. The zero-order valence-electron chi connectivity index (χ0n) is 16.9. The Kier molecular flexibility index (Phi) is 7.60. The molecule has 1 heterocycles. The maximum Gasteiger partial charge on any atom is 0.439 e. The summed E-state index contributed by atoms with van der Waals surface area (Å²) in [5.74, 6) is -0.438. The predicted octanol–water partition coefficient (Wildman–Crippen LogP) is 6.97. The minimum absolute atomic E-state index is 0.253. The topological polar surface area (TPSA) is 38.7 Å². The Morgan fingerprint density at radius 2 is 1.87 bits per heavy atom. The largest absolute Gasteiger partial charge is 0.462 e. The zero-order valence-corrected chi connectivity index (χ0v) is 19.3. The Labute approximate surface area is 192 Å². The summed E-state index contributed by atoms with van der Waals surface area (Å²) in [7, 11) is 0. The van der Waals surface area contributed by atoms with Crippen LogP contribution in [0.25, 0.3) is 0 Å². The molecule has 0 saturated carbocycles. The molecule has 0 aliphatic carbocycles. The number of benzene rings is 2. The Hall–Kier alpha value is -1.70. The second-order valence-corrected chi connectivity index (χ2v) is 9.94. The van der Waals surface area contributed by atoms with Crippen LogP contribution in [0.15, 0.2) is 45.7 Å². The summed E-state index contributed by atoms with van der Waals surface area (Å²) in [4.78, 5) is 12.6. The molecule has 9 heteroatoms. The summed E-state index contributed by atoms with van der Waals surface area (Å²) < 4.78 is 51.0. The first kappa shape index (κ1) is 24.0. The van der Waals surface area contributed by atoms with Crippen LogP contribution in [0, 0.1) is 6.92 Å². The van der Waals surface area contributed by atoms with Crippen LogP contribution >= 0.6 is 23.2 Å². The third-order valence-corrected chi connectivity index (χ3v) is 7.36. The second-order valence-electron chi connectivity index (χ2n) is 7.21. The van der Waals surface area contributed by atoms with Gasteiger partial charge in [-0.1, -0.05) is 47.0 Å². The minimum atomic E-state index is -4.43. The van der Waals surface area contributed by atoms with Crippen molar-refractivity contribution in [2.24, 2.45) is 4.40 Å². The number of rotatable bonds is 6. The number of carbonyl (C=O) groups is 1. The van der Waals surface area contributed by atoms with Crippen LogP contribution in [-0.4, -0.2) is 29.7 Å². The molecule has 0 spiro atoms. The summed E-state index contributed by atoms with van der Waals surface area (Å²) in [6, 6.07) is 9.30. The maximum atomic E-state index is 13.8. The molecule has 2 aromatic rings. The predicted molar refractivity (Wildman–Crippen MR) is 119 cm³/mol. The van der Waals surface area contributed by atoms with Gasteiger partial charge in [0.05, 0.1) is 18.6 Å². The number of nitrogens with zero attached hydrogens (tertiary/aromatic N) is 1. The van der Waals surface area contributed by atoms with Crippen LogP contribution in [0.2, 0.25) is 10.0 Å². The zero-order chi connectivity index (χ0) is 22.8. The summed E-state index contributed by atoms with van der Waals surface area (Å²) in [5, 5.41) is -1.13. The fraction of sp³-hybridized carbons (Fsp3) is 0.364. The molecule has 2 unspecified atom stereocenters. The van der Waals surface area contributed by atoms with Crippen molar-refractivity contribution in [2.75, 3.05) is 6.61 Å². The molecular formula is C22H21Cl2F3NO2S+. The minimum Gasteiger partial charge on any atom is -0.462 e. The third-order valence-electron chi connectivity index (χ3n) is 4.81. The summed E-state index contributed by atoms with van der Waals surface area (Å²) in [6.07, 6.45) is -3.00. The number of hydrogen-bond acceptors (Lipinski definition) is 3. The van der Waals surface area contributed by atoms with Gasteiger partial charge in [-0.15, -0.1) is 0 Å². The number of halogens is 5. The molecule has 0 saturated heterocycles. The third kappa shape index (κ3) is 5.76. The molecule has 166 valence electrons. The Balaban J connectivity index is 1.91. The molecule has 1 aliphatic heterocycles. The van der Waals surface area contributed by atoms with Crippen LogP contribution in [0.3, 0.4) is 0 Å². The SMILES string of the molecule is CCCCOC(=O)c1ccc(C2=N[S+](c3cc(Cl)cc(Cl)c3)C(C(F)(F)F)C2)cc1C. The van der Waals surface area contributed by atoms with Gasteiger partial charge in [-0.3, -0.25) is 0 Å². The fourth-order valence-corrected chi connectivity index (χ4v) is 5.91. The van der Waals surface area contributed by atoms with Crippen LogP contribution in [0.5, 0.6) is 0 Å². The highest BCUT2D eigenvalue weighted by atomic mass is 35.5. The van der Waals surface area contributed by atoms with E-state index in [4.69, 9.17) is 27.9 Å². The molecule has 3 nitrogen and oxygen atoms in total. The number of alkyl halides is 3. The lowest BCUT2D eigenvalue weighted by molar-refractivity contribution is -0.127. The fourth-order valence-electron chi connectivity index (χ4n) is 3.21. The first-order chi connectivity index (χ1) is 14.6. The quantitative estimate of drug-likeness (QED) is 0.249. The van der Waals surface area contributed by atoms with E-state index in [2.05, 4.69) is 4.40 Å². The van der Waals surface area contributed by atoms with Gasteiger partial charge in [0.15, 0.2) is 16.0 Å². The van der Waals surface area contributed by atoms with E-state index in [0.717, 1.165) is 12.8 Å². The lowest BCUT2D eigenvalue weighted by atomic mass is 10.00. The normalized spacial score (nSPS) is 18.7. The van der Waals surface area contributed by atoms with Gasteiger partial charge in [0.25, 0.3) is 5.25 Å². The average molecular weight is 491 g/mol. The molecule has 3 rings (SSSR count). The van der Waals surface area contributed by atoms with Crippen molar-refractivity contribution >= 4 is 46.0 Å². The van der Waals surface area contributed by atoms with Gasteiger partial charge in [-0.25, -0.2) is 4.79 Å². The van der Waals surface area contributed by atoms with E-state index in [9.17, 15) is 18.0 Å². The standard InChI is InChI=1S/C22H21Cl2F3NO2S/c1-3-4-7-30-21(29)18-6-5-14(8-13(18)2)19-12-20(22(25,26)27)31(28-19)17-10-15(23)9-16(24)11-17/h5-6,8-11,20H,3-4,7,12H2,1-2H3/q+1. The molecule has 2 aromatic carbocycles. The monoisotopic (exact) mass is 490 g/mol. The average Bonchev–Trinajstić information content (AvgIpc) is 3.13. The number of hydrogen-bond donors (Lipinski definition) is 0. The molecule has 0 bridgehead atoms. The van der Waals surface area contributed by atoms with Gasteiger partial charge in [-0.05, 0) is 37.1 Å². The van der Waals surface area contributed by atoms with E-state index < -0.39 is 28.5 Å². The van der Waals surface area contributed by atoms with Crippen molar-refractivity contribution in [1.82, 2.24) is 0 Å². The van der Waals surface area contributed by atoms with E-state index >= 15 is 0 Å². The molecule has 1 aliphatic rings. The lowest BCUT2D eigenvalue weighted by Gasteiger charge is -2.12. The van der Waals surface area contributed by atoms with Gasteiger partial charge in [0, 0.05) is 27.7 Å². The molecule has 0 radical (unpaired) electrons. The van der Waals surface area contributed by atoms with Crippen molar-refractivity contribution in [3.8, 4) is 0 Å². The summed E-state index contributed by atoms with van der Waals surface area (Å²) in [5.41, 5.74) is 1.92. The van der Waals surface area contributed by atoms with Crippen LogP contribution in [0.4, 0.5) is 13.2 Å². The number of ether oxygens (including phenoxy) is 1. The summed E-state index contributed by atoms with van der Waals surface area (Å²) in [6.45, 7) is 4.06. The van der Waals surface area contributed by atoms with Gasteiger partial charge < -0.3 is 4.74 Å². The smallest absolute Gasteiger partial charge is 0.439 e. The molecule has 0 amide bonds. The van der Waals surface area contributed by atoms with E-state index in [1.165, 1.54) is 18.2 Å². The van der Waals surface area contributed by atoms with E-state index in [1.54, 1.807) is 25.1 Å². The molecule has 31 heavy (non-hydrogen) atoms. The molecule has 0 fully saturated rings. The molecule has 2 atom stereocenters. The number of aryl methyl sites for hydroxylation is 1. The lowest BCUT2D eigenvalue weighted by Crippen LogP contribution is -2.33. The van der Waals surface area contributed by atoms with Crippen LogP contribution in [-0.2, 0) is 15.8 Å². The Morgan fingerprint density at radius 3 is 2.45 bits per heavy atom. The Morgan fingerprint density at radius 1 is 1.19 bits per heavy atom.